The maximum Gasteiger partial charge on any atom is 0.0731 e. The molecular weight excluding hydrogens is 242 g/mol. The van der Waals surface area contributed by atoms with Gasteiger partial charge in [0.2, 0.25) is 0 Å². The van der Waals surface area contributed by atoms with Crippen molar-refractivity contribution in [2.75, 3.05) is 13.2 Å². The summed E-state index contributed by atoms with van der Waals surface area (Å²) in [7, 11) is 0. The van der Waals surface area contributed by atoms with Gasteiger partial charge in [-0.05, 0) is 55.1 Å². The molecule has 1 N–H and O–H groups in total. The second-order valence-electron chi connectivity index (χ2n) is 4.68. The third-order valence-corrected chi connectivity index (χ3v) is 3.83. The molecule has 18 heavy (non-hydrogen) atoms. The van der Waals surface area contributed by atoms with Crippen molar-refractivity contribution in [2.45, 2.75) is 58.6 Å². The number of hydrogen-bond donors (Lipinski definition) is 1. The van der Waals surface area contributed by atoms with Gasteiger partial charge in [-0.2, -0.15) is 11.3 Å². The van der Waals surface area contributed by atoms with Crippen LogP contribution in [0.2, 0.25) is 0 Å². The fourth-order valence-corrected chi connectivity index (χ4v) is 2.91. The molecule has 0 aromatic carbocycles. The summed E-state index contributed by atoms with van der Waals surface area (Å²) >= 11 is 1.78. The molecule has 2 nitrogen and oxygen atoms in total. The van der Waals surface area contributed by atoms with E-state index in [4.69, 9.17) is 4.74 Å². The predicted octanol–water partition coefficient (Wildman–Crippen LogP) is 3.86. The van der Waals surface area contributed by atoms with Crippen LogP contribution in [0.25, 0.3) is 0 Å². The Kier molecular flexibility index (Phi) is 8.31. The maximum atomic E-state index is 5.93. The first-order valence-corrected chi connectivity index (χ1v) is 8.12. The quantitative estimate of drug-likeness (QED) is 0.696. The minimum Gasteiger partial charge on any atom is -0.377 e. The zero-order chi connectivity index (χ0) is 13.2. The Labute approximate surface area is 116 Å². The highest BCUT2D eigenvalue weighted by atomic mass is 32.1. The molecule has 0 saturated carbocycles. The Bertz CT molecular complexity index is 281. The van der Waals surface area contributed by atoms with Gasteiger partial charge in [0.05, 0.1) is 6.10 Å². The Hall–Kier alpha value is -0.380. The zero-order valence-electron chi connectivity index (χ0n) is 11.9. The fourth-order valence-electron chi connectivity index (χ4n) is 2.23. The fraction of sp³-hybridized carbons (Fsp3) is 0.733. The number of thiophene rings is 1. The lowest BCUT2D eigenvalue weighted by molar-refractivity contribution is 0.0282. The van der Waals surface area contributed by atoms with Crippen molar-refractivity contribution in [3.05, 3.63) is 22.4 Å². The molecule has 1 rings (SSSR count). The van der Waals surface area contributed by atoms with E-state index in [1.54, 1.807) is 11.3 Å². The molecule has 3 heteroatoms. The van der Waals surface area contributed by atoms with Crippen LogP contribution in [0.4, 0.5) is 0 Å². The zero-order valence-corrected chi connectivity index (χ0v) is 12.8. The predicted molar refractivity (Wildman–Crippen MR) is 80.4 cm³/mol. The van der Waals surface area contributed by atoms with E-state index in [0.717, 1.165) is 26.0 Å². The molecule has 0 aliphatic rings. The van der Waals surface area contributed by atoms with Crippen molar-refractivity contribution in [2.24, 2.45) is 0 Å². The summed E-state index contributed by atoms with van der Waals surface area (Å²) in [6, 6.07) is 2.67. The summed E-state index contributed by atoms with van der Waals surface area (Å²) in [5.74, 6) is 0. The third-order valence-electron chi connectivity index (χ3n) is 3.09. The smallest absolute Gasteiger partial charge is 0.0731 e. The van der Waals surface area contributed by atoms with Crippen LogP contribution in [0.5, 0.6) is 0 Å². The van der Waals surface area contributed by atoms with Crippen LogP contribution >= 0.6 is 11.3 Å². The van der Waals surface area contributed by atoms with Crippen LogP contribution < -0.4 is 5.32 Å². The maximum absolute atomic E-state index is 5.93. The van der Waals surface area contributed by atoms with Gasteiger partial charge in [-0.3, -0.25) is 0 Å². The second-order valence-corrected chi connectivity index (χ2v) is 5.46. The molecule has 1 aromatic heterocycles. The van der Waals surface area contributed by atoms with Crippen LogP contribution in [0.15, 0.2) is 16.8 Å². The molecule has 1 aromatic rings. The van der Waals surface area contributed by atoms with E-state index in [2.05, 4.69) is 42.9 Å². The molecule has 0 aliphatic heterocycles. The highest BCUT2D eigenvalue weighted by molar-refractivity contribution is 7.07. The first kappa shape index (κ1) is 15.7. The topological polar surface area (TPSA) is 21.3 Å². The Morgan fingerprint density at radius 3 is 2.67 bits per heavy atom. The lowest BCUT2D eigenvalue weighted by atomic mass is 9.99. The molecule has 0 radical (unpaired) electrons. The SMILES string of the molecule is CCCNC(Cc1ccsc1)C(CCC)OCC. The second kappa shape index (κ2) is 9.54. The van der Waals surface area contributed by atoms with E-state index < -0.39 is 0 Å². The summed E-state index contributed by atoms with van der Waals surface area (Å²) < 4.78 is 5.93. The first-order chi connectivity index (χ1) is 8.81. The third kappa shape index (κ3) is 5.51. The summed E-state index contributed by atoms with van der Waals surface area (Å²) in [6.45, 7) is 8.41. The first-order valence-electron chi connectivity index (χ1n) is 7.17. The van der Waals surface area contributed by atoms with E-state index in [9.17, 15) is 0 Å². The van der Waals surface area contributed by atoms with Gasteiger partial charge in [0.1, 0.15) is 0 Å². The average Bonchev–Trinajstić information content (AvgIpc) is 2.87. The average molecular weight is 269 g/mol. The van der Waals surface area contributed by atoms with Gasteiger partial charge < -0.3 is 10.1 Å². The Morgan fingerprint density at radius 2 is 2.11 bits per heavy atom. The minimum atomic E-state index is 0.339. The number of ether oxygens (including phenoxy) is 1. The van der Waals surface area contributed by atoms with Gasteiger partial charge in [0.15, 0.2) is 0 Å². The van der Waals surface area contributed by atoms with Crippen molar-refractivity contribution in [1.82, 2.24) is 5.32 Å². The van der Waals surface area contributed by atoms with E-state index in [-0.39, 0.29) is 0 Å². The Balaban J connectivity index is 2.61. The molecule has 0 bridgehead atoms. The van der Waals surface area contributed by atoms with Crippen molar-refractivity contribution in [1.29, 1.82) is 0 Å². The van der Waals surface area contributed by atoms with E-state index in [1.807, 2.05) is 0 Å². The Morgan fingerprint density at radius 1 is 1.28 bits per heavy atom. The normalized spacial score (nSPS) is 14.6. The van der Waals surface area contributed by atoms with Crippen LogP contribution in [-0.4, -0.2) is 25.3 Å². The molecule has 2 atom stereocenters. The van der Waals surface area contributed by atoms with Gasteiger partial charge >= 0.3 is 0 Å². The summed E-state index contributed by atoms with van der Waals surface area (Å²) in [5, 5.41) is 8.06. The minimum absolute atomic E-state index is 0.339. The van der Waals surface area contributed by atoms with Gasteiger partial charge in [0, 0.05) is 12.6 Å². The van der Waals surface area contributed by atoms with Gasteiger partial charge in [-0.1, -0.05) is 20.3 Å². The van der Waals surface area contributed by atoms with Gasteiger partial charge in [-0.15, -0.1) is 0 Å². The van der Waals surface area contributed by atoms with Gasteiger partial charge in [0.25, 0.3) is 0 Å². The number of nitrogens with one attached hydrogen (secondary N) is 1. The summed E-state index contributed by atoms with van der Waals surface area (Å²) in [4.78, 5) is 0. The van der Waals surface area contributed by atoms with Crippen LogP contribution in [-0.2, 0) is 11.2 Å². The van der Waals surface area contributed by atoms with Gasteiger partial charge in [-0.25, -0.2) is 0 Å². The largest absolute Gasteiger partial charge is 0.377 e. The monoisotopic (exact) mass is 269 g/mol. The highest BCUT2D eigenvalue weighted by Gasteiger charge is 2.21. The lowest BCUT2D eigenvalue weighted by Crippen LogP contribution is -2.43. The van der Waals surface area contributed by atoms with Crippen molar-refractivity contribution < 1.29 is 4.74 Å². The standard InChI is InChI=1S/C15H27NOS/c1-4-7-15(17-6-3)14(16-9-5-2)11-13-8-10-18-12-13/h8,10,12,14-16H,4-7,9,11H2,1-3H3. The summed E-state index contributed by atoms with van der Waals surface area (Å²) in [6.07, 6.45) is 4.91. The van der Waals surface area contributed by atoms with Crippen molar-refractivity contribution in [3.63, 3.8) is 0 Å². The molecular formula is C15H27NOS. The van der Waals surface area contributed by atoms with Crippen LogP contribution in [0.3, 0.4) is 0 Å². The molecule has 2 unspecified atom stereocenters. The van der Waals surface area contributed by atoms with E-state index in [0.29, 0.717) is 12.1 Å². The highest BCUT2D eigenvalue weighted by Crippen LogP contribution is 2.15. The lowest BCUT2D eigenvalue weighted by Gasteiger charge is -2.27. The van der Waals surface area contributed by atoms with Crippen molar-refractivity contribution in [3.8, 4) is 0 Å². The molecule has 0 amide bonds. The van der Waals surface area contributed by atoms with E-state index >= 15 is 0 Å². The van der Waals surface area contributed by atoms with Crippen LogP contribution in [0.1, 0.15) is 45.6 Å². The molecule has 0 saturated heterocycles. The van der Waals surface area contributed by atoms with Crippen LogP contribution in [0, 0.1) is 0 Å². The molecule has 0 aliphatic carbocycles. The molecule has 0 spiro atoms. The molecule has 104 valence electrons. The number of rotatable bonds is 10. The summed E-state index contributed by atoms with van der Waals surface area (Å²) in [5.41, 5.74) is 1.43. The van der Waals surface area contributed by atoms with Crippen molar-refractivity contribution >= 4 is 11.3 Å². The molecule has 0 fully saturated rings. The number of hydrogen-bond acceptors (Lipinski definition) is 3. The van der Waals surface area contributed by atoms with E-state index in [1.165, 1.54) is 18.4 Å². The molecule has 1 heterocycles.